The second kappa shape index (κ2) is 6.79. The summed E-state index contributed by atoms with van der Waals surface area (Å²) in [5, 5.41) is 9.35. The Morgan fingerprint density at radius 3 is 2.60 bits per heavy atom. The van der Waals surface area contributed by atoms with Crippen LogP contribution in [0.25, 0.3) is 11.4 Å². The summed E-state index contributed by atoms with van der Waals surface area (Å²) in [6.45, 7) is 3.81. The Morgan fingerprint density at radius 1 is 1.10 bits per heavy atom. The molecule has 0 aliphatic carbocycles. The number of carbonyl (C=O) groups excluding carboxylic acids is 1. The van der Waals surface area contributed by atoms with E-state index in [1.165, 1.54) is 11.6 Å². The molecule has 0 N–H and O–H groups in total. The average Bonchev–Trinajstić information content (AvgIpc) is 3.18. The zero-order valence-corrected chi connectivity index (χ0v) is 17.8. The summed E-state index contributed by atoms with van der Waals surface area (Å²) >= 11 is 0. The van der Waals surface area contributed by atoms with Gasteiger partial charge in [0.25, 0.3) is 5.91 Å². The number of rotatable bonds is 2. The van der Waals surface area contributed by atoms with Crippen molar-refractivity contribution in [3.8, 4) is 11.4 Å². The van der Waals surface area contributed by atoms with Gasteiger partial charge in [0.1, 0.15) is 5.82 Å². The molecular formula is C23H26FN5O. The lowest BCUT2D eigenvalue weighted by Crippen LogP contribution is -2.50. The van der Waals surface area contributed by atoms with Crippen LogP contribution in [0, 0.1) is 19.7 Å². The third-order valence-corrected chi connectivity index (χ3v) is 6.51. The minimum absolute atomic E-state index is 0.0572. The lowest BCUT2D eigenvalue weighted by molar-refractivity contribution is 0.0387. The van der Waals surface area contributed by atoms with Crippen LogP contribution in [0.5, 0.6) is 0 Å². The van der Waals surface area contributed by atoms with Gasteiger partial charge >= 0.3 is 0 Å². The molecule has 3 aromatic rings. The van der Waals surface area contributed by atoms with E-state index in [2.05, 4.69) is 11.2 Å². The number of nitrogens with zero attached hydrogens (tertiary/aromatic N) is 5. The first kappa shape index (κ1) is 19.0. The molecule has 2 bridgehead atoms. The van der Waals surface area contributed by atoms with Gasteiger partial charge in [-0.1, -0.05) is 6.07 Å². The number of aromatic nitrogens is 4. The molecule has 5 rings (SSSR count). The van der Waals surface area contributed by atoms with Crippen LogP contribution in [-0.4, -0.2) is 36.4 Å². The topological polar surface area (TPSA) is 56.0 Å². The van der Waals surface area contributed by atoms with Gasteiger partial charge in [-0.25, -0.2) is 4.39 Å². The van der Waals surface area contributed by atoms with E-state index in [1.54, 1.807) is 12.1 Å². The van der Waals surface area contributed by atoms with Crippen molar-refractivity contribution >= 4 is 5.91 Å². The van der Waals surface area contributed by atoms with E-state index in [1.807, 2.05) is 42.2 Å². The van der Waals surface area contributed by atoms with Crippen molar-refractivity contribution < 1.29 is 9.18 Å². The summed E-state index contributed by atoms with van der Waals surface area (Å²) in [5.74, 6) is -0.674. The second-order valence-electron chi connectivity index (χ2n) is 8.63. The van der Waals surface area contributed by atoms with E-state index in [0.717, 1.165) is 54.0 Å². The summed E-state index contributed by atoms with van der Waals surface area (Å²) < 4.78 is 18.4. The third-order valence-electron chi connectivity index (χ3n) is 6.51. The first-order valence-electron chi connectivity index (χ1n) is 10.5. The van der Waals surface area contributed by atoms with Gasteiger partial charge in [-0.3, -0.25) is 14.2 Å². The molecular weight excluding hydrogens is 381 g/mol. The van der Waals surface area contributed by atoms with E-state index < -0.39 is 5.82 Å². The van der Waals surface area contributed by atoms with Gasteiger partial charge in [-0.2, -0.15) is 10.2 Å². The number of benzene rings is 1. The molecule has 2 aliphatic rings. The highest BCUT2D eigenvalue weighted by Gasteiger charge is 2.44. The Bertz CT molecular complexity index is 1160. The summed E-state index contributed by atoms with van der Waals surface area (Å²) in [6, 6.07) is 6.86. The largest absolute Gasteiger partial charge is 0.327 e. The second-order valence-corrected chi connectivity index (χ2v) is 8.63. The Balaban J connectivity index is 1.60. The van der Waals surface area contributed by atoms with Crippen LogP contribution in [0.15, 0.2) is 24.3 Å². The van der Waals surface area contributed by atoms with Gasteiger partial charge in [-0.15, -0.1) is 0 Å². The molecule has 6 nitrogen and oxygen atoms in total. The molecule has 0 spiro atoms. The monoisotopic (exact) mass is 407 g/mol. The molecule has 30 heavy (non-hydrogen) atoms. The van der Waals surface area contributed by atoms with Gasteiger partial charge < -0.3 is 4.90 Å². The highest BCUT2D eigenvalue weighted by molar-refractivity contribution is 5.95. The van der Waals surface area contributed by atoms with Gasteiger partial charge in [0, 0.05) is 25.7 Å². The molecule has 156 valence electrons. The highest BCUT2D eigenvalue weighted by Crippen LogP contribution is 2.45. The Morgan fingerprint density at radius 2 is 1.90 bits per heavy atom. The van der Waals surface area contributed by atoms with E-state index in [4.69, 9.17) is 5.10 Å². The fourth-order valence-corrected chi connectivity index (χ4v) is 5.23. The van der Waals surface area contributed by atoms with Crippen LogP contribution in [0.2, 0.25) is 0 Å². The number of piperidine rings is 1. The Labute approximate surface area is 175 Å². The van der Waals surface area contributed by atoms with Crippen molar-refractivity contribution in [2.45, 2.75) is 51.6 Å². The summed E-state index contributed by atoms with van der Waals surface area (Å²) in [4.78, 5) is 15.3. The standard InChI is InChI=1S/C23H26FN5O/c1-13-8-9-16(18(24)10-13)23(30)29-15-6-5-7-19(29)21-17(12-15)22(28(4)26-21)20-11-14(2)25-27(20)3/h8-11,15,19H,5-7,12H2,1-4H3. The van der Waals surface area contributed by atoms with Crippen molar-refractivity contribution in [2.75, 3.05) is 0 Å². The molecule has 2 aromatic heterocycles. The maximum absolute atomic E-state index is 14.6. The SMILES string of the molecule is Cc1ccc(C(=O)N2C3CCCC2c2nn(C)c(-c4cc(C)nn4C)c2C3)c(F)c1. The zero-order valence-electron chi connectivity index (χ0n) is 17.8. The van der Waals surface area contributed by atoms with Crippen molar-refractivity contribution in [1.82, 2.24) is 24.5 Å². The zero-order chi connectivity index (χ0) is 21.2. The maximum Gasteiger partial charge on any atom is 0.257 e. The quantitative estimate of drug-likeness (QED) is 0.648. The number of halogens is 1. The van der Waals surface area contributed by atoms with Crippen LogP contribution in [0.3, 0.4) is 0 Å². The molecule has 4 heterocycles. The van der Waals surface area contributed by atoms with Crippen molar-refractivity contribution in [3.63, 3.8) is 0 Å². The van der Waals surface area contributed by atoms with Gasteiger partial charge in [0.05, 0.1) is 34.4 Å². The van der Waals surface area contributed by atoms with Crippen molar-refractivity contribution in [2.24, 2.45) is 14.1 Å². The summed E-state index contributed by atoms with van der Waals surface area (Å²) in [5.41, 5.74) is 6.17. The molecule has 7 heteroatoms. The van der Waals surface area contributed by atoms with Gasteiger partial charge in [0.15, 0.2) is 0 Å². The molecule has 1 aromatic carbocycles. The van der Waals surface area contributed by atoms with Gasteiger partial charge in [0.2, 0.25) is 0 Å². The van der Waals surface area contributed by atoms with Crippen LogP contribution < -0.4 is 0 Å². The van der Waals surface area contributed by atoms with E-state index in [-0.39, 0.29) is 23.6 Å². The van der Waals surface area contributed by atoms with E-state index in [9.17, 15) is 9.18 Å². The van der Waals surface area contributed by atoms with Crippen LogP contribution >= 0.6 is 0 Å². The molecule has 1 fully saturated rings. The van der Waals surface area contributed by atoms with Crippen LogP contribution in [0.1, 0.15) is 58.2 Å². The lowest BCUT2D eigenvalue weighted by Gasteiger charge is -2.45. The maximum atomic E-state index is 14.6. The third kappa shape index (κ3) is 2.79. The fraction of sp³-hybridized carbons (Fsp3) is 0.435. The Hall–Kier alpha value is -2.96. The molecule has 2 atom stereocenters. The summed E-state index contributed by atoms with van der Waals surface area (Å²) in [7, 11) is 3.90. The normalized spacial score (nSPS) is 20.4. The first-order valence-corrected chi connectivity index (χ1v) is 10.5. The fourth-order valence-electron chi connectivity index (χ4n) is 5.23. The van der Waals surface area contributed by atoms with Crippen molar-refractivity contribution in [1.29, 1.82) is 0 Å². The smallest absolute Gasteiger partial charge is 0.257 e. The molecule has 0 radical (unpaired) electrons. The number of aryl methyl sites for hydroxylation is 4. The number of carbonyl (C=O) groups is 1. The number of hydrogen-bond acceptors (Lipinski definition) is 3. The van der Waals surface area contributed by atoms with Gasteiger partial charge in [-0.05, 0) is 63.3 Å². The average molecular weight is 407 g/mol. The molecule has 2 aliphatic heterocycles. The van der Waals surface area contributed by atoms with E-state index in [0.29, 0.717) is 0 Å². The minimum Gasteiger partial charge on any atom is -0.327 e. The first-order chi connectivity index (χ1) is 14.3. The molecule has 1 saturated heterocycles. The number of amides is 1. The Kier molecular flexibility index (Phi) is 4.31. The van der Waals surface area contributed by atoms with Crippen molar-refractivity contribution in [3.05, 3.63) is 58.2 Å². The lowest BCUT2D eigenvalue weighted by atomic mass is 9.81. The van der Waals surface area contributed by atoms with Crippen LogP contribution in [0.4, 0.5) is 4.39 Å². The molecule has 1 amide bonds. The highest BCUT2D eigenvalue weighted by atomic mass is 19.1. The minimum atomic E-state index is -0.448. The predicted molar refractivity (Wildman–Crippen MR) is 112 cm³/mol. The predicted octanol–water partition coefficient (Wildman–Crippen LogP) is 3.87. The summed E-state index contributed by atoms with van der Waals surface area (Å²) in [6.07, 6.45) is 3.56. The van der Waals surface area contributed by atoms with E-state index >= 15 is 0 Å². The number of hydrogen-bond donors (Lipinski definition) is 0. The molecule has 0 saturated carbocycles. The van der Waals surface area contributed by atoms with Crippen LogP contribution in [-0.2, 0) is 20.5 Å². The number of fused-ring (bicyclic) bond motifs is 4. The molecule has 2 unspecified atom stereocenters.